The molecule has 7 heteroatoms. The van der Waals surface area contributed by atoms with E-state index < -0.39 is 17.2 Å². The zero-order valence-electron chi connectivity index (χ0n) is 15.9. The molecule has 0 saturated carbocycles. The Bertz CT molecular complexity index is 1060. The highest BCUT2D eigenvalue weighted by atomic mass is 35.5. The lowest BCUT2D eigenvalue weighted by molar-refractivity contribution is -0.0547. The number of piperidine rings is 1. The maximum Gasteiger partial charge on any atom is 0.137 e. The lowest BCUT2D eigenvalue weighted by Crippen LogP contribution is -2.51. The molecule has 0 radical (unpaired) electrons. The molecule has 2 bridgehead atoms. The topological polar surface area (TPSA) is 40.8 Å². The molecule has 2 saturated heterocycles. The van der Waals surface area contributed by atoms with Crippen LogP contribution in [0.5, 0.6) is 0 Å². The number of aliphatic hydroxyl groups is 1. The number of nitrogens with zero attached hydrogens (tertiary/aromatic N) is 3. The summed E-state index contributed by atoms with van der Waals surface area (Å²) < 4.78 is 29.2. The first-order valence-corrected chi connectivity index (χ1v) is 10.3. The highest BCUT2D eigenvalue weighted by molar-refractivity contribution is 6.30. The normalized spacial score (nSPS) is 27.0. The minimum absolute atomic E-state index is 0.215. The first kappa shape index (κ1) is 19.0. The third-order valence-electron chi connectivity index (χ3n) is 6.35. The number of rotatable bonds is 4. The first-order valence-electron chi connectivity index (χ1n) is 9.94. The predicted octanol–water partition coefficient (Wildman–Crippen LogP) is 4.37. The molecule has 2 fully saturated rings. The third kappa shape index (κ3) is 3.65. The molecule has 0 amide bonds. The number of pyridine rings is 1. The van der Waals surface area contributed by atoms with Crippen molar-refractivity contribution in [1.82, 2.24) is 14.3 Å². The number of halogens is 3. The summed E-state index contributed by atoms with van der Waals surface area (Å²) in [7, 11) is 0. The summed E-state index contributed by atoms with van der Waals surface area (Å²) >= 11 is 6.06. The van der Waals surface area contributed by atoms with Gasteiger partial charge in [-0.05, 0) is 49.4 Å². The van der Waals surface area contributed by atoms with Crippen LogP contribution < -0.4 is 0 Å². The Balaban J connectivity index is 1.32. The number of fused-ring (bicyclic) bond motifs is 3. The van der Waals surface area contributed by atoms with E-state index >= 15 is 0 Å². The average Bonchev–Trinajstić information content (AvgIpc) is 3.16. The van der Waals surface area contributed by atoms with Crippen molar-refractivity contribution in [2.24, 2.45) is 0 Å². The molecule has 152 valence electrons. The summed E-state index contributed by atoms with van der Waals surface area (Å²) in [5.74, 6) is -1.18. The van der Waals surface area contributed by atoms with Gasteiger partial charge in [0.15, 0.2) is 0 Å². The Morgan fingerprint density at radius 2 is 1.86 bits per heavy atom. The molecule has 2 atom stereocenters. The summed E-state index contributed by atoms with van der Waals surface area (Å²) in [5.41, 5.74) is 1.24. The Kier molecular flexibility index (Phi) is 4.61. The van der Waals surface area contributed by atoms with Gasteiger partial charge in [0.05, 0.1) is 16.3 Å². The Labute approximate surface area is 172 Å². The van der Waals surface area contributed by atoms with E-state index in [1.165, 1.54) is 12.1 Å². The lowest BCUT2D eigenvalue weighted by atomic mass is 9.81. The van der Waals surface area contributed by atoms with Crippen molar-refractivity contribution in [3.8, 4) is 0 Å². The molecule has 4 heterocycles. The van der Waals surface area contributed by atoms with Gasteiger partial charge in [-0.2, -0.15) is 0 Å². The van der Waals surface area contributed by atoms with Gasteiger partial charge in [0.1, 0.15) is 17.3 Å². The van der Waals surface area contributed by atoms with Crippen LogP contribution in [-0.4, -0.2) is 37.1 Å². The van der Waals surface area contributed by atoms with E-state index in [0.29, 0.717) is 23.4 Å². The molecule has 1 aromatic carbocycles. The Hall–Kier alpha value is -2.02. The number of imidazole rings is 1. The monoisotopic (exact) mass is 417 g/mol. The molecular weight excluding hydrogens is 396 g/mol. The van der Waals surface area contributed by atoms with Crippen LogP contribution in [0.15, 0.2) is 42.7 Å². The van der Waals surface area contributed by atoms with E-state index in [1.807, 2.05) is 28.9 Å². The lowest BCUT2D eigenvalue weighted by Gasteiger charge is -2.43. The molecule has 0 aliphatic carbocycles. The predicted molar refractivity (Wildman–Crippen MR) is 107 cm³/mol. The highest BCUT2D eigenvalue weighted by Gasteiger charge is 2.47. The summed E-state index contributed by atoms with van der Waals surface area (Å²) in [5, 5.41) is 11.9. The van der Waals surface area contributed by atoms with Gasteiger partial charge in [-0.3, -0.25) is 4.90 Å². The Morgan fingerprint density at radius 3 is 2.59 bits per heavy atom. The van der Waals surface area contributed by atoms with Crippen LogP contribution >= 0.6 is 11.6 Å². The zero-order valence-corrected chi connectivity index (χ0v) is 16.6. The second-order valence-corrected chi connectivity index (χ2v) is 8.88. The van der Waals surface area contributed by atoms with E-state index in [-0.39, 0.29) is 18.5 Å². The summed E-state index contributed by atoms with van der Waals surface area (Å²) in [6, 6.07) is 7.77. The number of aromatic nitrogens is 2. The van der Waals surface area contributed by atoms with Crippen LogP contribution in [0, 0.1) is 11.6 Å². The van der Waals surface area contributed by atoms with Crippen LogP contribution in [0.25, 0.3) is 5.65 Å². The minimum Gasteiger partial charge on any atom is -0.389 e. The molecule has 5 rings (SSSR count). The number of hydrogen-bond acceptors (Lipinski definition) is 3. The van der Waals surface area contributed by atoms with Gasteiger partial charge in [0.25, 0.3) is 0 Å². The molecule has 0 spiro atoms. The molecular formula is C22H22ClF2N3O. The van der Waals surface area contributed by atoms with Crippen molar-refractivity contribution >= 4 is 17.2 Å². The maximum atomic E-state index is 14.1. The molecule has 29 heavy (non-hydrogen) atoms. The molecule has 2 aromatic heterocycles. The van der Waals surface area contributed by atoms with E-state index in [9.17, 15) is 13.9 Å². The molecule has 2 aliphatic rings. The molecule has 1 N–H and O–H groups in total. The van der Waals surface area contributed by atoms with Gasteiger partial charge in [-0.15, -0.1) is 0 Å². The van der Waals surface area contributed by atoms with Gasteiger partial charge in [-0.1, -0.05) is 17.7 Å². The fraction of sp³-hybridized carbons (Fsp3) is 0.409. The molecule has 4 nitrogen and oxygen atoms in total. The second kappa shape index (κ2) is 7.04. The van der Waals surface area contributed by atoms with Crippen molar-refractivity contribution in [2.75, 3.05) is 0 Å². The third-order valence-corrected chi connectivity index (χ3v) is 6.57. The Morgan fingerprint density at radius 1 is 1.10 bits per heavy atom. The van der Waals surface area contributed by atoms with Crippen LogP contribution in [0.4, 0.5) is 8.78 Å². The van der Waals surface area contributed by atoms with E-state index in [4.69, 9.17) is 11.6 Å². The fourth-order valence-corrected chi connectivity index (χ4v) is 5.28. The van der Waals surface area contributed by atoms with Gasteiger partial charge in [0.2, 0.25) is 0 Å². The standard InChI is InChI=1S/C22H22ClF2N3O/c23-15-2-6-21-26-17(12-27(21)11-15)13-28-18-4-5-19(28)10-22(29,9-18)8-14-1-3-16(24)7-20(14)25/h1-3,6-7,11-12,18-19,29H,4-5,8-10,13H2. The van der Waals surface area contributed by atoms with E-state index in [1.54, 1.807) is 0 Å². The SMILES string of the molecule is OC1(Cc2ccc(F)cc2F)CC2CCC(C1)N2Cc1cn2cc(Cl)ccc2n1. The van der Waals surface area contributed by atoms with Crippen molar-refractivity contribution in [3.63, 3.8) is 0 Å². The first-order chi connectivity index (χ1) is 13.9. The van der Waals surface area contributed by atoms with Crippen LogP contribution in [0.2, 0.25) is 5.02 Å². The van der Waals surface area contributed by atoms with Gasteiger partial charge < -0.3 is 9.51 Å². The van der Waals surface area contributed by atoms with Crippen LogP contribution in [0.3, 0.4) is 0 Å². The smallest absolute Gasteiger partial charge is 0.137 e. The molecule has 2 aliphatic heterocycles. The largest absolute Gasteiger partial charge is 0.389 e. The molecule has 2 unspecified atom stereocenters. The fourth-order valence-electron chi connectivity index (χ4n) is 5.12. The van der Waals surface area contributed by atoms with Crippen molar-refractivity contribution in [3.05, 3.63) is 70.6 Å². The summed E-state index contributed by atoms with van der Waals surface area (Å²) in [6.07, 6.45) is 7.24. The summed E-state index contributed by atoms with van der Waals surface area (Å²) in [4.78, 5) is 7.10. The summed E-state index contributed by atoms with van der Waals surface area (Å²) in [6.45, 7) is 0.718. The van der Waals surface area contributed by atoms with E-state index in [2.05, 4.69) is 9.88 Å². The van der Waals surface area contributed by atoms with Gasteiger partial charge >= 0.3 is 0 Å². The van der Waals surface area contributed by atoms with Crippen molar-refractivity contribution < 1.29 is 13.9 Å². The second-order valence-electron chi connectivity index (χ2n) is 8.45. The average molecular weight is 418 g/mol. The minimum atomic E-state index is -0.965. The van der Waals surface area contributed by atoms with Crippen LogP contribution in [0.1, 0.15) is 36.9 Å². The quantitative estimate of drug-likeness (QED) is 0.685. The molecule has 3 aromatic rings. The van der Waals surface area contributed by atoms with Crippen molar-refractivity contribution in [2.45, 2.75) is 56.3 Å². The van der Waals surface area contributed by atoms with Crippen LogP contribution in [-0.2, 0) is 13.0 Å². The zero-order chi connectivity index (χ0) is 20.2. The van der Waals surface area contributed by atoms with Gasteiger partial charge in [0, 0.05) is 43.5 Å². The van der Waals surface area contributed by atoms with Gasteiger partial charge in [-0.25, -0.2) is 13.8 Å². The van der Waals surface area contributed by atoms with E-state index in [0.717, 1.165) is 36.8 Å². The number of hydrogen-bond donors (Lipinski definition) is 1. The van der Waals surface area contributed by atoms with Crippen molar-refractivity contribution in [1.29, 1.82) is 0 Å². The maximum absolute atomic E-state index is 14.1. The highest BCUT2D eigenvalue weighted by Crippen LogP contribution is 2.43. The number of benzene rings is 1.